The molecule has 0 spiro atoms. The molecule has 102 valence electrons. The average molecular weight is 260 g/mol. The smallest absolute Gasteiger partial charge is 0.356 e. The maximum atomic E-state index is 11.9. The first-order valence-electron chi connectivity index (χ1n) is 6.20. The molecule has 4 heteroatoms. The molecule has 1 rings (SSSR count). The summed E-state index contributed by atoms with van der Waals surface area (Å²) in [4.78, 5) is 13.6. The van der Waals surface area contributed by atoms with Gasteiger partial charge >= 0.3 is 5.97 Å². The average Bonchev–Trinajstić information content (AvgIpc) is 2.45. The molecule has 0 aliphatic rings. The number of rotatable bonds is 6. The maximum Gasteiger partial charge on any atom is 0.356 e. The van der Waals surface area contributed by atoms with Crippen LogP contribution in [0.4, 0.5) is 0 Å². The summed E-state index contributed by atoms with van der Waals surface area (Å²) in [5.74, 6) is -0.451. The fourth-order valence-corrected chi connectivity index (χ4v) is 1.82. The summed E-state index contributed by atoms with van der Waals surface area (Å²) in [6, 6.07) is 9.76. The Morgan fingerprint density at radius 1 is 1.47 bits per heavy atom. The van der Waals surface area contributed by atoms with Gasteiger partial charge in [-0.15, -0.1) is 0 Å². The van der Waals surface area contributed by atoms with Crippen LogP contribution in [-0.4, -0.2) is 17.5 Å². The lowest BCUT2D eigenvalue weighted by atomic mass is 10.1. The van der Waals surface area contributed by atoms with Gasteiger partial charge in [0.05, 0.1) is 12.6 Å². The topological polar surface area (TPSA) is 55.6 Å². The van der Waals surface area contributed by atoms with Crippen molar-refractivity contribution in [2.75, 3.05) is 6.61 Å². The molecular weight excluding hydrogens is 240 g/mol. The van der Waals surface area contributed by atoms with Gasteiger partial charge < -0.3 is 15.4 Å². The Kier molecular flexibility index (Phi) is 5.67. The van der Waals surface area contributed by atoms with Gasteiger partial charge in [-0.05, 0) is 25.6 Å². The highest BCUT2D eigenvalue weighted by atomic mass is 16.5. The van der Waals surface area contributed by atoms with Crippen molar-refractivity contribution in [3.8, 4) is 0 Å². The van der Waals surface area contributed by atoms with Gasteiger partial charge in [-0.1, -0.05) is 36.9 Å². The molecule has 1 atom stereocenters. The predicted octanol–water partition coefficient (Wildman–Crippen LogP) is 2.56. The van der Waals surface area contributed by atoms with Crippen LogP contribution in [0.5, 0.6) is 0 Å². The third kappa shape index (κ3) is 3.61. The van der Waals surface area contributed by atoms with Crippen molar-refractivity contribution in [2.45, 2.75) is 19.9 Å². The van der Waals surface area contributed by atoms with E-state index in [1.165, 1.54) is 6.20 Å². The summed E-state index contributed by atoms with van der Waals surface area (Å²) in [7, 11) is 0. The molecular formula is C15H20N2O2. The molecule has 0 aromatic heterocycles. The second-order valence-electron chi connectivity index (χ2n) is 3.95. The summed E-state index contributed by atoms with van der Waals surface area (Å²) in [5.41, 5.74) is 6.89. The van der Waals surface area contributed by atoms with Crippen molar-refractivity contribution >= 4 is 5.97 Å². The Balaban J connectivity index is 2.99. The van der Waals surface area contributed by atoms with Gasteiger partial charge in [0.2, 0.25) is 0 Å². The predicted molar refractivity (Wildman–Crippen MR) is 75.8 cm³/mol. The SMILES string of the molecule is C=CN(/C(=C\N)C(=O)OCC)[C@H](C)c1ccccc1. The number of ether oxygens (including phenoxy) is 1. The molecule has 19 heavy (non-hydrogen) atoms. The van der Waals surface area contributed by atoms with Crippen molar-refractivity contribution in [1.29, 1.82) is 0 Å². The van der Waals surface area contributed by atoms with Crippen molar-refractivity contribution in [2.24, 2.45) is 5.73 Å². The van der Waals surface area contributed by atoms with Crippen LogP contribution in [0.2, 0.25) is 0 Å². The minimum atomic E-state index is -0.451. The Bertz CT molecular complexity index is 454. The van der Waals surface area contributed by atoms with Gasteiger partial charge in [-0.25, -0.2) is 4.79 Å². The van der Waals surface area contributed by atoms with Gasteiger partial charge in [0.15, 0.2) is 0 Å². The summed E-state index contributed by atoms with van der Waals surface area (Å²) in [6.07, 6.45) is 2.83. The van der Waals surface area contributed by atoms with E-state index >= 15 is 0 Å². The number of carbonyl (C=O) groups is 1. The van der Waals surface area contributed by atoms with Crippen LogP contribution in [0.3, 0.4) is 0 Å². The minimum absolute atomic E-state index is 0.0575. The molecule has 1 aromatic rings. The van der Waals surface area contributed by atoms with Gasteiger partial charge in [0.25, 0.3) is 0 Å². The number of carbonyl (C=O) groups excluding carboxylic acids is 1. The van der Waals surface area contributed by atoms with Crippen LogP contribution in [0.1, 0.15) is 25.5 Å². The number of benzene rings is 1. The normalized spacial score (nSPS) is 12.6. The molecule has 1 aromatic carbocycles. The summed E-state index contributed by atoms with van der Waals surface area (Å²) < 4.78 is 4.99. The van der Waals surface area contributed by atoms with E-state index in [9.17, 15) is 4.79 Å². The molecule has 0 aliphatic heterocycles. The zero-order valence-electron chi connectivity index (χ0n) is 11.4. The first kappa shape index (κ1) is 14.8. The van der Waals surface area contributed by atoms with Gasteiger partial charge in [0.1, 0.15) is 5.70 Å². The van der Waals surface area contributed by atoms with E-state index in [4.69, 9.17) is 10.5 Å². The molecule has 0 amide bonds. The van der Waals surface area contributed by atoms with E-state index in [0.29, 0.717) is 6.61 Å². The number of hydrogen-bond donors (Lipinski definition) is 1. The Hall–Kier alpha value is -2.23. The van der Waals surface area contributed by atoms with Crippen LogP contribution in [-0.2, 0) is 9.53 Å². The molecule has 0 fully saturated rings. The Morgan fingerprint density at radius 3 is 2.58 bits per heavy atom. The summed E-state index contributed by atoms with van der Waals surface area (Å²) in [5, 5.41) is 0. The van der Waals surface area contributed by atoms with Crippen LogP contribution in [0, 0.1) is 0 Å². The first-order chi connectivity index (χ1) is 9.15. The monoisotopic (exact) mass is 260 g/mol. The fourth-order valence-electron chi connectivity index (χ4n) is 1.82. The van der Waals surface area contributed by atoms with Crippen LogP contribution >= 0.6 is 0 Å². The number of hydrogen-bond acceptors (Lipinski definition) is 4. The van der Waals surface area contributed by atoms with E-state index in [-0.39, 0.29) is 11.7 Å². The lowest BCUT2D eigenvalue weighted by molar-refractivity contribution is -0.140. The molecule has 0 bridgehead atoms. The molecule has 4 nitrogen and oxygen atoms in total. The highest BCUT2D eigenvalue weighted by molar-refractivity contribution is 5.87. The second-order valence-corrected chi connectivity index (χ2v) is 3.95. The van der Waals surface area contributed by atoms with E-state index in [1.807, 2.05) is 37.3 Å². The van der Waals surface area contributed by atoms with Crippen LogP contribution in [0.25, 0.3) is 0 Å². The van der Waals surface area contributed by atoms with Crippen molar-refractivity contribution in [1.82, 2.24) is 4.90 Å². The summed E-state index contributed by atoms with van der Waals surface area (Å²) >= 11 is 0. The Labute approximate surface area is 114 Å². The molecule has 0 aliphatic carbocycles. The van der Waals surface area contributed by atoms with E-state index < -0.39 is 5.97 Å². The number of nitrogens with zero attached hydrogens (tertiary/aromatic N) is 1. The van der Waals surface area contributed by atoms with E-state index in [2.05, 4.69) is 6.58 Å². The van der Waals surface area contributed by atoms with E-state index in [0.717, 1.165) is 5.56 Å². The quantitative estimate of drug-likeness (QED) is 0.631. The van der Waals surface area contributed by atoms with Crippen LogP contribution in [0.15, 0.2) is 55.0 Å². The van der Waals surface area contributed by atoms with Crippen molar-refractivity contribution < 1.29 is 9.53 Å². The van der Waals surface area contributed by atoms with Crippen molar-refractivity contribution in [3.63, 3.8) is 0 Å². The molecule has 0 saturated carbocycles. The van der Waals surface area contributed by atoms with Crippen molar-refractivity contribution in [3.05, 3.63) is 60.6 Å². The Morgan fingerprint density at radius 2 is 2.11 bits per heavy atom. The van der Waals surface area contributed by atoms with Gasteiger partial charge in [-0.2, -0.15) is 0 Å². The molecule has 0 unspecified atom stereocenters. The van der Waals surface area contributed by atoms with Gasteiger partial charge in [-0.3, -0.25) is 0 Å². The first-order valence-corrected chi connectivity index (χ1v) is 6.20. The summed E-state index contributed by atoms with van der Waals surface area (Å²) in [6.45, 7) is 7.77. The van der Waals surface area contributed by atoms with Gasteiger partial charge in [0, 0.05) is 6.20 Å². The lowest BCUT2D eigenvalue weighted by Crippen LogP contribution is -2.27. The number of esters is 1. The largest absolute Gasteiger partial charge is 0.461 e. The highest BCUT2D eigenvalue weighted by Crippen LogP contribution is 2.24. The third-order valence-corrected chi connectivity index (χ3v) is 2.82. The molecule has 0 saturated heterocycles. The highest BCUT2D eigenvalue weighted by Gasteiger charge is 2.22. The second kappa shape index (κ2) is 7.26. The molecule has 2 N–H and O–H groups in total. The standard InChI is InChI=1S/C15H20N2O2/c1-4-17(14(11-16)15(18)19-5-2)12(3)13-9-7-6-8-10-13/h4,6-12H,1,5,16H2,2-3H3/b14-11-/t12-/m1/s1. The van der Waals surface area contributed by atoms with Crippen LogP contribution < -0.4 is 5.73 Å². The molecule has 0 radical (unpaired) electrons. The zero-order chi connectivity index (χ0) is 14.3. The zero-order valence-corrected chi connectivity index (χ0v) is 11.4. The lowest BCUT2D eigenvalue weighted by Gasteiger charge is -2.28. The molecule has 0 heterocycles. The maximum absolute atomic E-state index is 11.9. The number of nitrogens with two attached hydrogens (primary N) is 1. The fraction of sp³-hybridized carbons (Fsp3) is 0.267. The minimum Gasteiger partial charge on any atom is -0.461 e. The third-order valence-electron chi connectivity index (χ3n) is 2.82. The van der Waals surface area contributed by atoms with E-state index in [1.54, 1.807) is 18.0 Å².